The van der Waals surface area contributed by atoms with Gasteiger partial charge in [0.25, 0.3) is 5.91 Å². The van der Waals surface area contributed by atoms with E-state index in [0.717, 1.165) is 11.5 Å². The van der Waals surface area contributed by atoms with Gasteiger partial charge in [0, 0.05) is 0 Å². The van der Waals surface area contributed by atoms with Crippen molar-refractivity contribution in [3.8, 4) is 0 Å². The molecule has 2 aromatic heterocycles. The topological polar surface area (TPSA) is 121 Å². The van der Waals surface area contributed by atoms with Gasteiger partial charge in [0.15, 0.2) is 5.69 Å². The Bertz CT molecular complexity index is 562. The van der Waals surface area contributed by atoms with Crippen molar-refractivity contribution in [2.24, 2.45) is 0 Å². The number of hydrogen-bond donors (Lipinski definition) is 3. The summed E-state index contributed by atoms with van der Waals surface area (Å²) in [6.07, 6.45) is 1.24. The lowest BCUT2D eigenvalue weighted by Crippen LogP contribution is -2.14. The van der Waals surface area contributed by atoms with Crippen molar-refractivity contribution in [3.63, 3.8) is 0 Å². The van der Waals surface area contributed by atoms with Crippen LogP contribution in [0.4, 0.5) is 5.00 Å². The minimum Gasteiger partial charge on any atom is -0.478 e. The second-order valence-electron chi connectivity index (χ2n) is 3.09. The first-order chi connectivity index (χ1) is 8.09. The predicted octanol–water partition coefficient (Wildman–Crippen LogP) is 0.520. The summed E-state index contributed by atoms with van der Waals surface area (Å²) in [5, 5.41) is 20.9. The van der Waals surface area contributed by atoms with Crippen LogP contribution in [0, 0.1) is 6.92 Å². The zero-order chi connectivity index (χ0) is 12.4. The summed E-state index contributed by atoms with van der Waals surface area (Å²) < 4.78 is 3.87. The number of rotatable bonds is 3. The molecule has 0 aliphatic carbocycles. The lowest BCUT2D eigenvalue weighted by Gasteiger charge is -2.00. The first kappa shape index (κ1) is 11.2. The number of aryl methyl sites for hydroxylation is 1. The molecule has 0 aliphatic rings. The Hall–Kier alpha value is -2.29. The Morgan fingerprint density at radius 2 is 2.29 bits per heavy atom. The first-order valence-electron chi connectivity index (χ1n) is 4.46. The maximum Gasteiger partial charge on any atom is 0.340 e. The third-order valence-electron chi connectivity index (χ3n) is 1.95. The summed E-state index contributed by atoms with van der Waals surface area (Å²) in [6, 6.07) is 0. The van der Waals surface area contributed by atoms with Gasteiger partial charge in [-0.05, 0) is 18.5 Å². The second-order valence-corrected chi connectivity index (χ2v) is 3.86. The van der Waals surface area contributed by atoms with Crippen molar-refractivity contribution in [1.82, 2.24) is 19.8 Å². The number of hydrogen-bond acceptors (Lipinski definition) is 6. The Balaban J connectivity index is 2.25. The zero-order valence-electron chi connectivity index (χ0n) is 8.59. The molecule has 9 heteroatoms. The van der Waals surface area contributed by atoms with Crippen LogP contribution in [0.1, 0.15) is 26.5 Å². The van der Waals surface area contributed by atoms with Gasteiger partial charge in [0.1, 0.15) is 10.6 Å². The molecule has 1 amide bonds. The molecule has 0 unspecified atom stereocenters. The summed E-state index contributed by atoms with van der Waals surface area (Å²) in [4.78, 5) is 22.6. The number of aromatic nitrogens is 4. The van der Waals surface area contributed by atoms with E-state index in [-0.39, 0.29) is 16.3 Å². The fraction of sp³-hybridized carbons (Fsp3) is 0.125. The number of carboxylic acids is 1. The molecule has 2 aromatic rings. The van der Waals surface area contributed by atoms with E-state index in [1.807, 2.05) is 0 Å². The minimum atomic E-state index is -1.13. The predicted molar refractivity (Wildman–Crippen MR) is 58.1 cm³/mol. The van der Waals surface area contributed by atoms with Crippen molar-refractivity contribution in [2.75, 3.05) is 5.32 Å². The van der Waals surface area contributed by atoms with Crippen LogP contribution in [0.2, 0.25) is 0 Å². The molecule has 17 heavy (non-hydrogen) atoms. The lowest BCUT2D eigenvalue weighted by molar-refractivity contribution is 0.0697. The Morgan fingerprint density at radius 3 is 2.88 bits per heavy atom. The molecule has 8 nitrogen and oxygen atoms in total. The number of nitrogens with one attached hydrogen (secondary N) is 2. The molecular weight excluding hydrogens is 246 g/mol. The highest BCUT2D eigenvalue weighted by atomic mass is 32.1. The first-order valence-corrected chi connectivity index (χ1v) is 5.23. The maximum atomic E-state index is 11.6. The van der Waals surface area contributed by atoms with Crippen molar-refractivity contribution < 1.29 is 14.7 Å². The molecule has 3 N–H and O–H groups in total. The molecular formula is C8H7N5O3S. The van der Waals surface area contributed by atoms with Gasteiger partial charge in [-0.25, -0.2) is 4.79 Å². The fourth-order valence-electron chi connectivity index (χ4n) is 1.19. The largest absolute Gasteiger partial charge is 0.478 e. The Kier molecular flexibility index (Phi) is 2.83. The van der Waals surface area contributed by atoms with Crippen LogP contribution >= 0.6 is 11.5 Å². The van der Waals surface area contributed by atoms with Crippen molar-refractivity contribution in [3.05, 3.63) is 23.1 Å². The van der Waals surface area contributed by atoms with Crippen LogP contribution in [0.15, 0.2) is 6.20 Å². The lowest BCUT2D eigenvalue weighted by atomic mass is 10.2. The smallest absolute Gasteiger partial charge is 0.340 e. The van der Waals surface area contributed by atoms with E-state index < -0.39 is 11.9 Å². The molecule has 0 aromatic carbocycles. The summed E-state index contributed by atoms with van der Waals surface area (Å²) in [7, 11) is 0. The quantitative estimate of drug-likeness (QED) is 0.733. The summed E-state index contributed by atoms with van der Waals surface area (Å²) in [5.74, 6) is -1.67. The molecule has 88 valence electrons. The van der Waals surface area contributed by atoms with E-state index in [4.69, 9.17) is 5.11 Å². The van der Waals surface area contributed by atoms with Crippen LogP contribution in [0.3, 0.4) is 0 Å². The van der Waals surface area contributed by atoms with Crippen LogP contribution in [-0.2, 0) is 0 Å². The molecule has 0 saturated carbocycles. The standard InChI is InChI=1S/C8H7N5O3S/c1-3-5(8(15)16)7(17-12-3)10-6(14)4-2-9-13-11-4/h2H,1H3,(H,10,14)(H,15,16)(H,9,11,13). The number of aromatic amines is 1. The molecule has 0 bridgehead atoms. The number of amides is 1. The van der Waals surface area contributed by atoms with E-state index in [1.165, 1.54) is 6.20 Å². The van der Waals surface area contributed by atoms with E-state index in [2.05, 4.69) is 25.1 Å². The third-order valence-corrected chi connectivity index (χ3v) is 2.81. The van der Waals surface area contributed by atoms with Gasteiger partial charge in [-0.3, -0.25) is 4.79 Å². The van der Waals surface area contributed by atoms with Gasteiger partial charge in [-0.2, -0.15) is 19.8 Å². The normalized spacial score (nSPS) is 10.2. The number of H-pyrrole nitrogens is 1. The number of carboxylic acid groups (broad SMARTS) is 1. The average Bonchev–Trinajstić information content (AvgIpc) is 2.87. The molecule has 0 fully saturated rings. The SMILES string of the molecule is Cc1nsc(NC(=O)c2cn[nH]n2)c1C(=O)O. The molecule has 0 aliphatic heterocycles. The van der Waals surface area contributed by atoms with Crippen LogP contribution in [0.25, 0.3) is 0 Å². The number of aromatic carboxylic acids is 1. The van der Waals surface area contributed by atoms with Crippen LogP contribution < -0.4 is 5.32 Å². The third kappa shape index (κ3) is 2.13. The minimum absolute atomic E-state index is 0.00755. The van der Waals surface area contributed by atoms with E-state index in [1.54, 1.807) is 6.92 Å². The van der Waals surface area contributed by atoms with E-state index in [0.29, 0.717) is 5.69 Å². The van der Waals surface area contributed by atoms with Crippen molar-refractivity contribution in [2.45, 2.75) is 6.92 Å². The van der Waals surface area contributed by atoms with Gasteiger partial charge in [0.2, 0.25) is 0 Å². The number of anilines is 1. The highest BCUT2D eigenvalue weighted by Gasteiger charge is 2.20. The van der Waals surface area contributed by atoms with Gasteiger partial charge in [-0.1, -0.05) is 0 Å². The van der Waals surface area contributed by atoms with E-state index >= 15 is 0 Å². The number of nitrogens with zero attached hydrogens (tertiary/aromatic N) is 3. The second kappa shape index (κ2) is 4.29. The molecule has 0 spiro atoms. The molecule has 0 atom stereocenters. The van der Waals surface area contributed by atoms with Gasteiger partial charge in [0.05, 0.1) is 11.9 Å². The summed E-state index contributed by atoms with van der Waals surface area (Å²) in [6.45, 7) is 1.56. The Morgan fingerprint density at radius 1 is 1.53 bits per heavy atom. The monoisotopic (exact) mass is 253 g/mol. The molecule has 2 heterocycles. The molecule has 0 radical (unpaired) electrons. The summed E-state index contributed by atoms with van der Waals surface area (Å²) >= 11 is 0.909. The highest BCUT2D eigenvalue weighted by molar-refractivity contribution is 7.11. The summed E-state index contributed by atoms with van der Waals surface area (Å²) in [5.41, 5.74) is 0.428. The molecule has 2 rings (SSSR count). The average molecular weight is 253 g/mol. The molecule has 0 saturated heterocycles. The van der Waals surface area contributed by atoms with Gasteiger partial charge >= 0.3 is 5.97 Å². The van der Waals surface area contributed by atoms with Crippen molar-refractivity contribution in [1.29, 1.82) is 0 Å². The number of carbonyl (C=O) groups excluding carboxylic acids is 1. The van der Waals surface area contributed by atoms with Crippen LogP contribution in [-0.4, -0.2) is 36.8 Å². The fourth-order valence-corrected chi connectivity index (χ4v) is 1.97. The highest BCUT2D eigenvalue weighted by Crippen LogP contribution is 2.24. The van der Waals surface area contributed by atoms with Crippen molar-refractivity contribution >= 4 is 28.4 Å². The van der Waals surface area contributed by atoms with Crippen LogP contribution in [0.5, 0.6) is 0 Å². The number of carbonyl (C=O) groups is 2. The van der Waals surface area contributed by atoms with E-state index in [9.17, 15) is 9.59 Å². The van der Waals surface area contributed by atoms with Gasteiger partial charge in [-0.15, -0.1) is 0 Å². The van der Waals surface area contributed by atoms with Gasteiger partial charge < -0.3 is 10.4 Å². The zero-order valence-corrected chi connectivity index (χ0v) is 9.41. The Labute approximate surface area is 98.8 Å². The maximum absolute atomic E-state index is 11.6.